The molecule has 186 valence electrons. The van der Waals surface area contributed by atoms with E-state index in [9.17, 15) is 9.90 Å². The van der Waals surface area contributed by atoms with E-state index in [0.717, 1.165) is 48.5 Å². The van der Waals surface area contributed by atoms with Crippen LogP contribution in [0.15, 0.2) is 61.1 Å². The van der Waals surface area contributed by atoms with Gasteiger partial charge in [0.05, 0.1) is 27.7 Å². The van der Waals surface area contributed by atoms with E-state index in [2.05, 4.69) is 42.5 Å². The van der Waals surface area contributed by atoms with Crippen LogP contribution in [0, 0.1) is 0 Å². The van der Waals surface area contributed by atoms with Crippen molar-refractivity contribution in [3.05, 3.63) is 72.3 Å². The normalized spacial score (nSPS) is 12.0. The number of pyridine rings is 1. The first kappa shape index (κ1) is 23.1. The molecule has 0 spiro atoms. The molecule has 0 atom stereocenters. The summed E-state index contributed by atoms with van der Waals surface area (Å²) < 4.78 is 1.04. The summed E-state index contributed by atoms with van der Waals surface area (Å²) in [7, 11) is 1.73. The Kier molecular flexibility index (Phi) is 5.43. The van der Waals surface area contributed by atoms with E-state index in [1.807, 2.05) is 18.3 Å². The van der Waals surface area contributed by atoms with Gasteiger partial charge in [0, 0.05) is 52.9 Å². The largest absolute Gasteiger partial charge is 0.390 e. The summed E-state index contributed by atoms with van der Waals surface area (Å²) in [5.41, 5.74) is 5.58. The Morgan fingerprint density at radius 2 is 2.03 bits per heavy atom. The maximum absolute atomic E-state index is 13.1. The third-order valence-electron chi connectivity index (χ3n) is 6.28. The molecule has 5 aromatic heterocycles. The molecule has 0 bridgehead atoms. The van der Waals surface area contributed by atoms with Gasteiger partial charge in [-0.1, -0.05) is 6.07 Å². The quantitative estimate of drug-likeness (QED) is 0.246. The molecule has 5 heterocycles. The van der Waals surface area contributed by atoms with Gasteiger partial charge in [-0.25, -0.2) is 0 Å². The lowest BCUT2D eigenvalue weighted by atomic mass is 9.95. The average molecular weight is 512 g/mol. The molecule has 0 aliphatic heterocycles. The Morgan fingerprint density at radius 3 is 2.76 bits per heavy atom. The maximum Gasteiger partial charge on any atom is 0.276 e. The molecule has 0 aliphatic carbocycles. The maximum atomic E-state index is 13.1. The molecule has 9 nitrogen and oxygen atoms in total. The van der Waals surface area contributed by atoms with Crippen molar-refractivity contribution in [3.8, 4) is 21.8 Å². The number of amides is 1. The van der Waals surface area contributed by atoms with Gasteiger partial charge in [0.1, 0.15) is 11.4 Å². The lowest BCUT2D eigenvalue weighted by molar-refractivity contribution is 0.0813. The molecule has 6 rings (SSSR count). The summed E-state index contributed by atoms with van der Waals surface area (Å²) in [6.45, 7) is 3.56. The van der Waals surface area contributed by atoms with Crippen LogP contribution in [-0.2, 0) is 6.42 Å². The summed E-state index contributed by atoms with van der Waals surface area (Å²) in [6, 6.07) is 13.3. The number of carbonyl (C=O) groups excluding carboxylic acids is 1. The van der Waals surface area contributed by atoms with Crippen LogP contribution in [-0.4, -0.2) is 54.0 Å². The summed E-state index contributed by atoms with van der Waals surface area (Å²) in [4.78, 5) is 23.5. The highest BCUT2D eigenvalue weighted by molar-refractivity contribution is 7.22. The van der Waals surface area contributed by atoms with E-state index in [-0.39, 0.29) is 5.91 Å². The first-order valence-electron chi connectivity index (χ1n) is 11.8. The lowest BCUT2D eigenvalue weighted by Crippen LogP contribution is -2.27. The van der Waals surface area contributed by atoms with Gasteiger partial charge in [0.15, 0.2) is 0 Å². The Bertz CT molecular complexity index is 1720. The van der Waals surface area contributed by atoms with Gasteiger partial charge in [-0.2, -0.15) is 10.2 Å². The Labute approximate surface area is 216 Å². The number of H-pyrrole nitrogens is 3. The molecule has 0 saturated heterocycles. The number of rotatable bonds is 6. The molecule has 1 aromatic carbocycles. The fourth-order valence-corrected chi connectivity index (χ4v) is 5.63. The summed E-state index contributed by atoms with van der Waals surface area (Å²) in [5.74, 6) is -0.208. The number of carbonyl (C=O) groups is 1. The van der Waals surface area contributed by atoms with Crippen LogP contribution >= 0.6 is 11.3 Å². The van der Waals surface area contributed by atoms with Crippen LogP contribution in [0.5, 0.6) is 0 Å². The Balaban J connectivity index is 1.45. The van der Waals surface area contributed by atoms with Gasteiger partial charge >= 0.3 is 0 Å². The van der Waals surface area contributed by atoms with Crippen LogP contribution in [0.4, 0.5) is 5.69 Å². The number of anilines is 1. The lowest BCUT2D eigenvalue weighted by Gasteiger charge is -2.21. The van der Waals surface area contributed by atoms with Gasteiger partial charge in [0.25, 0.3) is 5.91 Å². The fraction of sp³-hybridized carbons (Fsp3) is 0.185. The number of benzene rings is 1. The van der Waals surface area contributed by atoms with Crippen molar-refractivity contribution in [2.75, 3.05) is 11.9 Å². The third kappa shape index (κ3) is 4.30. The van der Waals surface area contributed by atoms with E-state index in [0.29, 0.717) is 17.8 Å². The molecule has 0 unspecified atom stereocenters. The first-order chi connectivity index (χ1) is 17.8. The number of aliphatic hydroxyl groups is 1. The van der Waals surface area contributed by atoms with Crippen LogP contribution in [0.1, 0.15) is 29.9 Å². The van der Waals surface area contributed by atoms with Crippen LogP contribution in [0.3, 0.4) is 0 Å². The number of aromatic amines is 3. The van der Waals surface area contributed by atoms with Crippen molar-refractivity contribution in [2.45, 2.75) is 25.9 Å². The number of hydrogen-bond acceptors (Lipinski definition) is 6. The molecular weight excluding hydrogens is 486 g/mol. The van der Waals surface area contributed by atoms with Crippen molar-refractivity contribution >= 4 is 44.1 Å². The minimum absolute atomic E-state index is 0.208. The molecule has 37 heavy (non-hydrogen) atoms. The summed E-state index contributed by atoms with van der Waals surface area (Å²) in [6.07, 6.45) is 5.69. The second-order valence-corrected chi connectivity index (χ2v) is 10.8. The molecule has 10 heteroatoms. The van der Waals surface area contributed by atoms with Crippen molar-refractivity contribution in [2.24, 2.45) is 0 Å². The van der Waals surface area contributed by atoms with Crippen LogP contribution in [0.2, 0.25) is 0 Å². The fourth-order valence-electron chi connectivity index (χ4n) is 4.54. The Morgan fingerprint density at radius 1 is 1.16 bits per heavy atom. The van der Waals surface area contributed by atoms with E-state index >= 15 is 0 Å². The standard InChI is InChI=1S/C27H25N7O2S/c1-27(2,36)12-15-8-17(34(3)26(35)19-6-4-5-7-28-19)9-20-18(15)10-21(31-20)24-25-22(32-33-24)11-23(37-25)16-13-29-30-14-16/h4-11,13-14,31,36H,12H2,1-3H3,(H,29,30)(H,32,33). The summed E-state index contributed by atoms with van der Waals surface area (Å²) in [5, 5.41) is 26.3. The van der Waals surface area contributed by atoms with Crippen molar-refractivity contribution in [1.82, 2.24) is 30.4 Å². The first-order valence-corrected chi connectivity index (χ1v) is 12.6. The zero-order chi connectivity index (χ0) is 25.7. The van der Waals surface area contributed by atoms with Crippen molar-refractivity contribution in [3.63, 3.8) is 0 Å². The van der Waals surface area contributed by atoms with Gasteiger partial charge in [-0.05, 0) is 55.8 Å². The molecule has 0 fully saturated rings. The topological polar surface area (TPSA) is 127 Å². The minimum atomic E-state index is -0.931. The number of aromatic nitrogens is 6. The monoisotopic (exact) mass is 511 g/mol. The second-order valence-electron chi connectivity index (χ2n) is 9.73. The number of nitrogens with one attached hydrogen (secondary N) is 3. The van der Waals surface area contributed by atoms with Crippen molar-refractivity contribution in [1.29, 1.82) is 0 Å². The number of nitrogens with zero attached hydrogens (tertiary/aromatic N) is 4. The predicted molar refractivity (Wildman–Crippen MR) is 146 cm³/mol. The molecule has 0 aliphatic rings. The van der Waals surface area contributed by atoms with E-state index in [4.69, 9.17) is 0 Å². The zero-order valence-electron chi connectivity index (χ0n) is 20.5. The van der Waals surface area contributed by atoms with Gasteiger partial charge in [0.2, 0.25) is 0 Å². The number of hydrogen-bond donors (Lipinski definition) is 4. The van der Waals surface area contributed by atoms with Crippen LogP contribution in [0.25, 0.3) is 42.9 Å². The predicted octanol–water partition coefficient (Wildman–Crippen LogP) is 5.15. The third-order valence-corrected chi connectivity index (χ3v) is 7.47. The molecule has 4 N–H and O–H groups in total. The molecule has 6 aromatic rings. The summed E-state index contributed by atoms with van der Waals surface area (Å²) >= 11 is 1.64. The SMILES string of the molecule is CN(C(=O)c1ccccn1)c1cc(CC(C)(C)O)c2cc(-c3n[nH]c4cc(-c5cn[nH]c5)sc34)[nH]c2c1. The van der Waals surface area contributed by atoms with Crippen molar-refractivity contribution < 1.29 is 9.90 Å². The van der Waals surface area contributed by atoms with E-state index < -0.39 is 5.60 Å². The highest BCUT2D eigenvalue weighted by Crippen LogP contribution is 2.39. The average Bonchev–Trinajstić information content (AvgIpc) is 3.65. The van der Waals surface area contributed by atoms with Gasteiger partial charge < -0.3 is 15.0 Å². The molecule has 0 radical (unpaired) electrons. The smallest absolute Gasteiger partial charge is 0.276 e. The molecule has 1 amide bonds. The number of fused-ring (bicyclic) bond motifs is 2. The Hall–Kier alpha value is -4.28. The van der Waals surface area contributed by atoms with Gasteiger partial charge in [-0.3, -0.25) is 20.0 Å². The molecular formula is C27H25N7O2S. The zero-order valence-corrected chi connectivity index (χ0v) is 21.3. The van der Waals surface area contributed by atoms with E-state index in [1.165, 1.54) is 0 Å². The molecule has 0 saturated carbocycles. The van der Waals surface area contributed by atoms with Crippen LogP contribution < -0.4 is 4.90 Å². The minimum Gasteiger partial charge on any atom is -0.390 e. The second kappa shape index (κ2) is 8.68. The van der Waals surface area contributed by atoms with Gasteiger partial charge in [-0.15, -0.1) is 11.3 Å². The highest BCUT2D eigenvalue weighted by atomic mass is 32.1. The van der Waals surface area contributed by atoms with E-state index in [1.54, 1.807) is 67.7 Å². The highest BCUT2D eigenvalue weighted by Gasteiger charge is 2.22. The number of thiophene rings is 1.